The molecule has 0 N–H and O–H groups in total. The second kappa shape index (κ2) is 3.56. The molecule has 0 spiro atoms. The summed E-state index contributed by atoms with van der Waals surface area (Å²) in [6.07, 6.45) is 2.44. The molecule has 0 aliphatic heterocycles. The molecule has 76 valence electrons. The third kappa shape index (κ3) is 2.22. The Morgan fingerprint density at radius 1 is 1.23 bits per heavy atom. The zero-order chi connectivity index (χ0) is 10.2. The molecule has 3 atom stereocenters. The van der Waals surface area contributed by atoms with Gasteiger partial charge in [0.25, 0.3) is 0 Å². The van der Waals surface area contributed by atoms with Crippen LogP contribution in [0.25, 0.3) is 0 Å². The summed E-state index contributed by atoms with van der Waals surface area (Å²) in [6.45, 7) is 11.3. The predicted molar refractivity (Wildman–Crippen MR) is 59.7 cm³/mol. The van der Waals surface area contributed by atoms with Crippen molar-refractivity contribution in [2.75, 3.05) is 0 Å². The molecule has 13 heavy (non-hydrogen) atoms. The first-order valence-corrected chi connectivity index (χ1v) is 8.92. The maximum atomic E-state index is 11.3. The van der Waals surface area contributed by atoms with E-state index >= 15 is 0 Å². The number of Topliss-reactive ketones (excluding diaryl/α,β-unsaturated/α-hetero) is 1. The maximum Gasteiger partial charge on any atom is 0.133 e. The zero-order valence-corrected chi connectivity index (χ0v) is 10.6. The minimum atomic E-state index is -1.03. The highest BCUT2D eigenvalue weighted by Crippen LogP contribution is 2.46. The minimum Gasteiger partial charge on any atom is -0.300 e. The number of hydrogen-bond donors (Lipinski definition) is 0. The lowest BCUT2D eigenvalue weighted by Crippen LogP contribution is -2.31. The molecule has 0 aromatic carbocycles. The second-order valence-electron chi connectivity index (χ2n) is 5.63. The molecule has 0 amide bonds. The highest BCUT2D eigenvalue weighted by Gasteiger charge is 2.41. The number of carbonyl (C=O) groups is 1. The van der Waals surface area contributed by atoms with Crippen LogP contribution in [0.2, 0.25) is 25.2 Å². The SMILES string of the molecule is CC(=O)[C@H]1CC[C@H]([Si](C)(C)C)[C@H]1C. The topological polar surface area (TPSA) is 17.1 Å². The molecule has 1 saturated carbocycles. The fourth-order valence-electron chi connectivity index (χ4n) is 2.96. The van der Waals surface area contributed by atoms with Crippen LogP contribution in [0.1, 0.15) is 26.7 Å². The van der Waals surface area contributed by atoms with E-state index in [4.69, 9.17) is 0 Å². The van der Waals surface area contributed by atoms with Crippen molar-refractivity contribution in [2.45, 2.75) is 51.9 Å². The zero-order valence-electron chi connectivity index (χ0n) is 9.55. The van der Waals surface area contributed by atoms with Crippen LogP contribution in [0, 0.1) is 11.8 Å². The van der Waals surface area contributed by atoms with E-state index < -0.39 is 8.07 Å². The summed E-state index contributed by atoms with van der Waals surface area (Å²) in [7, 11) is -1.03. The van der Waals surface area contributed by atoms with Gasteiger partial charge in [-0.15, -0.1) is 0 Å². The monoisotopic (exact) mass is 198 g/mol. The Labute approximate surface area is 82.9 Å². The Morgan fingerprint density at radius 3 is 2.00 bits per heavy atom. The van der Waals surface area contributed by atoms with Gasteiger partial charge in [-0.05, 0) is 24.8 Å². The highest BCUT2D eigenvalue weighted by molar-refractivity contribution is 6.77. The summed E-state index contributed by atoms with van der Waals surface area (Å²) in [6, 6.07) is 0. The third-order valence-corrected chi connectivity index (χ3v) is 6.73. The van der Waals surface area contributed by atoms with E-state index in [1.54, 1.807) is 6.92 Å². The third-order valence-electron chi connectivity index (χ3n) is 3.69. The van der Waals surface area contributed by atoms with Crippen LogP contribution < -0.4 is 0 Å². The second-order valence-corrected chi connectivity index (χ2v) is 11.1. The van der Waals surface area contributed by atoms with Crippen LogP contribution in [0.5, 0.6) is 0 Å². The summed E-state index contributed by atoms with van der Waals surface area (Å²) in [5.74, 6) is 1.43. The summed E-state index contributed by atoms with van der Waals surface area (Å²) in [4.78, 5) is 11.3. The first-order valence-electron chi connectivity index (χ1n) is 5.34. The first kappa shape index (κ1) is 11.0. The molecule has 0 radical (unpaired) electrons. The van der Waals surface area contributed by atoms with Crippen LogP contribution in [0.3, 0.4) is 0 Å². The molecule has 1 fully saturated rings. The lowest BCUT2D eigenvalue weighted by atomic mass is 9.94. The Bertz CT molecular complexity index is 205. The van der Waals surface area contributed by atoms with Gasteiger partial charge in [0.1, 0.15) is 5.78 Å². The minimum absolute atomic E-state index is 0.372. The maximum absolute atomic E-state index is 11.3. The lowest BCUT2D eigenvalue weighted by molar-refractivity contribution is -0.121. The molecule has 2 heteroatoms. The summed E-state index contributed by atoms with van der Waals surface area (Å²) in [5.41, 5.74) is 0.862. The van der Waals surface area contributed by atoms with E-state index in [1.165, 1.54) is 6.42 Å². The average Bonchev–Trinajstić information content (AvgIpc) is 2.28. The van der Waals surface area contributed by atoms with Crippen molar-refractivity contribution in [3.05, 3.63) is 0 Å². The van der Waals surface area contributed by atoms with E-state index in [2.05, 4.69) is 26.6 Å². The van der Waals surface area contributed by atoms with Gasteiger partial charge in [0.15, 0.2) is 0 Å². The van der Waals surface area contributed by atoms with Crippen LogP contribution in [0.15, 0.2) is 0 Å². The van der Waals surface area contributed by atoms with Crippen LogP contribution in [-0.2, 0) is 4.79 Å². The van der Waals surface area contributed by atoms with Crippen molar-refractivity contribution in [3.63, 3.8) is 0 Å². The fraction of sp³-hybridized carbons (Fsp3) is 0.909. The van der Waals surface area contributed by atoms with E-state index in [-0.39, 0.29) is 0 Å². The van der Waals surface area contributed by atoms with E-state index in [0.29, 0.717) is 17.6 Å². The molecule has 0 aromatic heterocycles. The smallest absolute Gasteiger partial charge is 0.133 e. The molecule has 1 aliphatic rings. The van der Waals surface area contributed by atoms with Crippen molar-refractivity contribution >= 4 is 13.9 Å². The fourth-order valence-corrected chi connectivity index (χ4v) is 5.80. The lowest BCUT2D eigenvalue weighted by Gasteiger charge is -2.30. The van der Waals surface area contributed by atoms with Crippen molar-refractivity contribution in [1.82, 2.24) is 0 Å². The van der Waals surface area contributed by atoms with Gasteiger partial charge >= 0.3 is 0 Å². The van der Waals surface area contributed by atoms with E-state index in [9.17, 15) is 4.79 Å². The van der Waals surface area contributed by atoms with Crippen LogP contribution in [0.4, 0.5) is 0 Å². The Kier molecular flexibility index (Phi) is 3.00. The molecule has 0 bridgehead atoms. The summed E-state index contributed by atoms with van der Waals surface area (Å²) in [5, 5.41) is 0. The highest BCUT2D eigenvalue weighted by atomic mass is 28.3. The predicted octanol–water partition coefficient (Wildman–Crippen LogP) is 3.33. The van der Waals surface area contributed by atoms with Crippen LogP contribution >= 0.6 is 0 Å². The van der Waals surface area contributed by atoms with Gasteiger partial charge in [-0.25, -0.2) is 0 Å². The van der Waals surface area contributed by atoms with Gasteiger partial charge in [-0.1, -0.05) is 33.0 Å². The standard InChI is InChI=1S/C11H22OSi/c1-8-10(9(2)12)6-7-11(8)13(3,4)5/h8,10-11H,6-7H2,1-5H3/t8-,10-,11-/m0/s1. The van der Waals surface area contributed by atoms with Crippen molar-refractivity contribution in [1.29, 1.82) is 0 Å². The number of rotatable bonds is 2. The molecule has 1 nitrogen and oxygen atoms in total. The Balaban J connectivity index is 2.71. The molecule has 0 saturated heterocycles. The molecular weight excluding hydrogens is 176 g/mol. The van der Waals surface area contributed by atoms with Gasteiger partial charge in [-0.3, -0.25) is 4.79 Å². The van der Waals surface area contributed by atoms with Gasteiger partial charge in [0.05, 0.1) is 0 Å². The largest absolute Gasteiger partial charge is 0.300 e. The molecule has 0 unspecified atom stereocenters. The normalized spacial score (nSPS) is 35.0. The van der Waals surface area contributed by atoms with Crippen molar-refractivity contribution in [3.8, 4) is 0 Å². The van der Waals surface area contributed by atoms with Gasteiger partial charge in [-0.2, -0.15) is 0 Å². The van der Waals surface area contributed by atoms with Crippen molar-refractivity contribution in [2.24, 2.45) is 11.8 Å². The molecule has 1 rings (SSSR count). The van der Waals surface area contributed by atoms with E-state index in [1.807, 2.05) is 0 Å². The number of ketones is 1. The quantitative estimate of drug-likeness (QED) is 0.622. The summed E-state index contributed by atoms with van der Waals surface area (Å²) < 4.78 is 0. The van der Waals surface area contributed by atoms with Crippen LogP contribution in [-0.4, -0.2) is 13.9 Å². The van der Waals surface area contributed by atoms with E-state index in [0.717, 1.165) is 12.0 Å². The average molecular weight is 198 g/mol. The van der Waals surface area contributed by atoms with Gasteiger partial charge < -0.3 is 0 Å². The molecule has 1 aliphatic carbocycles. The molecule has 0 aromatic rings. The first-order chi connectivity index (χ1) is 5.84. The molecular formula is C11H22OSi. The summed E-state index contributed by atoms with van der Waals surface area (Å²) >= 11 is 0. The Morgan fingerprint density at radius 2 is 1.77 bits per heavy atom. The number of hydrogen-bond acceptors (Lipinski definition) is 1. The Hall–Kier alpha value is -0.113. The van der Waals surface area contributed by atoms with Crippen molar-refractivity contribution < 1.29 is 4.79 Å². The van der Waals surface area contributed by atoms with Gasteiger partial charge in [0, 0.05) is 14.0 Å². The molecule has 0 heterocycles. The number of carbonyl (C=O) groups excluding carboxylic acids is 1. The van der Waals surface area contributed by atoms with Gasteiger partial charge in [0.2, 0.25) is 0 Å².